The molecule has 2 amide bonds. The predicted molar refractivity (Wildman–Crippen MR) is 81.1 cm³/mol. The van der Waals surface area contributed by atoms with E-state index >= 15 is 0 Å². The minimum atomic E-state index is -0.738. The molecule has 2 N–H and O–H groups in total. The highest BCUT2D eigenvalue weighted by atomic mass is 16.4. The second kappa shape index (κ2) is 7.14. The maximum atomic E-state index is 12.4. The lowest BCUT2D eigenvalue weighted by Gasteiger charge is -2.38. The largest absolute Gasteiger partial charge is 0.481 e. The Labute approximate surface area is 127 Å². The van der Waals surface area contributed by atoms with Crippen molar-refractivity contribution < 1.29 is 14.7 Å². The number of carboxylic acids is 1. The molecule has 0 bridgehead atoms. The fraction of sp³-hybridized carbons (Fsp3) is 0.875. The minimum Gasteiger partial charge on any atom is -0.481 e. The van der Waals surface area contributed by atoms with Gasteiger partial charge in [0.15, 0.2) is 0 Å². The molecule has 3 atom stereocenters. The van der Waals surface area contributed by atoms with Crippen molar-refractivity contribution >= 4 is 12.0 Å². The van der Waals surface area contributed by atoms with Gasteiger partial charge in [-0.05, 0) is 45.4 Å². The molecule has 2 fully saturated rings. The normalized spacial score (nSPS) is 29.0. The zero-order valence-electron chi connectivity index (χ0n) is 13.2. The van der Waals surface area contributed by atoms with Crippen molar-refractivity contribution in [2.24, 2.45) is 11.8 Å². The summed E-state index contributed by atoms with van der Waals surface area (Å²) in [5.41, 5.74) is 0. The van der Waals surface area contributed by atoms with E-state index < -0.39 is 5.97 Å². The first-order valence-corrected chi connectivity index (χ1v) is 8.29. The second-order valence-electron chi connectivity index (χ2n) is 6.74. The lowest BCUT2D eigenvalue weighted by Crippen LogP contribution is -2.53. The zero-order valence-corrected chi connectivity index (χ0v) is 13.2. The van der Waals surface area contributed by atoms with Crippen LogP contribution in [-0.2, 0) is 4.79 Å². The van der Waals surface area contributed by atoms with Crippen molar-refractivity contribution in [3.05, 3.63) is 0 Å². The molecule has 1 saturated heterocycles. The third-order valence-corrected chi connectivity index (χ3v) is 5.19. The number of hydrogen-bond acceptors (Lipinski definition) is 2. The van der Waals surface area contributed by atoms with Crippen LogP contribution in [0.2, 0.25) is 0 Å². The van der Waals surface area contributed by atoms with Crippen LogP contribution in [0.1, 0.15) is 58.8 Å². The number of hydrogen-bond donors (Lipinski definition) is 2. The molecule has 1 aliphatic carbocycles. The quantitative estimate of drug-likeness (QED) is 0.841. The molecule has 0 aromatic carbocycles. The number of nitrogens with one attached hydrogen (secondary N) is 1. The maximum Gasteiger partial charge on any atom is 0.317 e. The Morgan fingerprint density at radius 3 is 2.43 bits per heavy atom. The average molecular weight is 296 g/mol. The van der Waals surface area contributed by atoms with Crippen LogP contribution in [-0.4, -0.2) is 40.6 Å². The van der Waals surface area contributed by atoms with Crippen molar-refractivity contribution in [2.75, 3.05) is 6.54 Å². The van der Waals surface area contributed by atoms with Gasteiger partial charge in [0.2, 0.25) is 0 Å². The number of rotatable bonds is 3. The molecular formula is C16H28N2O3. The summed E-state index contributed by atoms with van der Waals surface area (Å²) in [5, 5.41) is 12.2. The van der Waals surface area contributed by atoms with Crippen molar-refractivity contribution in [1.29, 1.82) is 0 Å². The molecule has 1 heterocycles. The van der Waals surface area contributed by atoms with E-state index in [1.165, 1.54) is 32.1 Å². The highest BCUT2D eigenvalue weighted by molar-refractivity contribution is 5.76. The first-order valence-electron chi connectivity index (χ1n) is 8.29. The van der Waals surface area contributed by atoms with Crippen LogP contribution >= 0.6 is 0 Å². The number of nitrogens with zero attached hydrogens (tertiary/aromatic N) is 1. The van der Waals surface area contributed by atoms with Gasteiger partial charge in [-0.3, -0.25) is 4.79 Å². The Hall–Kier alpha value is -1.26. The molecule has 3 unspecified atom stereocenters. The van der Waals surface area contributed by atoms with Crippen molar-refractivity contribution in [3.63, 3.8) is 0 Å². The topological polar surface area (TPSA) is 69.6 Å². The van der Waals surface area contributed by atoms with Crippen molar-refractivity contribution in [2.45, 2.75) is 70.9 Å². The van der Waals surface area contributed by atoms with Gasteiger partial charge in [-0.15, -0.1) is 0 Å². The molecular weight excluding hydrogens is 268 g/mol. The molecule has 1 saturated carbocycles. The molecule has 0 aromatic rings. The lowest BCUT2D eigenvalue weighted by molar-refractivity contribution is -0.143. The van der Waals surface area contributed by atoms with Crippen LogP contribution in [0.4, 0.5) is 4.79 Å². The predicted octanol–water partition coefficient (Wildman–Crippen LogP) is 2.85. The molecule has 1 aliphatic heterocycles. The van der Waals surface area contributed by atoms with E-state index in [1.54, 1.807) is 4.90 Å². The zero-order chi connectivity index (χ0) is 15.4. The van der Waals surface area contributed by atoms with E-state index in [0.717, 1.165) is 0 Å². The SMILES string of the molecule is CC(NC(=O)N1CCC(C(=O)O)CC1C)C1CCCCC1. The van der Waals surface area contributed by atoms with E-state index in [2.05, 4.69) is 12.2 Å². The number of carbonyl (C=O) groups is 2. The molecule has 5 nitrogen and oxygen atoms in total. The Morgan fingerprint density at radius 2 is 1.86 bits per heavy atom. The van der Waals surface area contributed by atoms with Crippen LogP contribution in [0.3, 0.4) is 0 Å². The third-order valence-electron chi connectivity index (χ3n) is 5.19. The smallest absolute Gasteiger partial charge is 0.317 e. The summed E-state index contributed by atoms with van der Waals surface area (Å²) in [5.74, 6) is -0.452. The number of amides is 2. The molecule has 0 spiro atoms. The van der Waals surface area contributed by atoms with Gasteiger partial charge in [-0.2, -0.15) is 0 Å². The summed E-state index contributed by atoms with van der Waals surface area (Å²) in [7, 11) is 0. The summed E-state index contributed by atoms with van der Waals surface area (Å²) in [4.78, 5) is 25.3. The minimum absolute atomic E-state index is 0.00148. The van der Waals surface area contributed by atoms with Gasteiger partial charge in [-0.1, -0.05) is 19.3 Å². The van der Waals surface area contributed by atoms with E-state index in [4.69, 9.17) is 5.11 Å². The highest BCUT2D eigenvalue weighted by Crippen LogP contribution is 2.27. The van der Waals surface area contributed by atoms with Gasteiger partial charge >= 0.3 is 12.0 Å². The molecule has 0 aromatic heterocycles. The summed E-state index contributed by atoms with van der Waals surface area (Å²) in [6.07, 6.45) is 7.38. The summed E-state index contributed by atoms with van der Waals surface area (Å²) >= 11 is 0. The third kappa shape index (κ3) is 4.11. The number of urea groups is 1. The van der Waals surface area contributed by atoms with Crippen LogP contribution in [0, 0.1) is 11.8 Å². The van der Waals surface area contributed by atoms with Crippen LogP contribution in [0.15, 0.2) is 0 Å². The number of aliphatic carboxylic acids is 1. The van der Waals surface area contributed by atoms with Gasteiger partial charge in [0.05, 0.1) is 5.92 Å². The second-order valence-corrected chi connectivity index (χ2v) is 6.74. The Balaban J connectivity index is 1.84. The lowest BCUT2D eigenvalue weighted by atomic mass is 9.84. The standard InChI is InChI=1S/C16H28N2O3/c1-11-10-14(15(19)20)8-9-18(11)16(21)17-12(2)13-6-4-3-5-7-13/h11-14H,3-10H2,1-2H3,(H,17,21)(H,19,20). The Kier molecular flexibility index (Phi) is 5.48. The molecule has 2 aliphatic rings. The van der Waals surface area contributed by atoms with Crippen LogP contribution in [0.25, 0.3) is 0 Å². The van der Waals surface area contributed by atoms with E-state index in [-0.39, 0.29) is 24.0 Å². The van der Waals surface area contributed by atoms with Crippen LogP contribution in [0.5, 0.6) is 0 Å². The van der Waals surface area contributed by atoms with E-state index in [1.807, 2.05) is 6.92 Å². The van der Waals surface area contributed by atoms with E-state index in [9.17, 15) is 9.59 Å². The number of piperidine rings is 1. The summed E-state index contributed by atoms with van der Waals surface area (Å²) in [6, 6.07) is 0.185. The van der Waals surface area contributed by atoms with Crippen molar-refractivity contribution in [1.82, 2.24) is 10.2 Å². The Bertz CT molecular complexity index is 380. The molecule has 21 heavy (non-hydrogen) atoms. The maximum absolute atomic E-state index is 12.4. The number of carbonyl (C=O) groups excluding carboxylic acids is 1. The highest BCUT2D eigenvalue weighted by Gasteiger charge is 2.33. The fourth-order valence-electron chi connectivity index (χ4n) is 3.73. The Morgan fingerprint density at radius 1 is 1.19 bits per heavy atom. The van der Waals surface area contributed by atoms with E-state index in [0.29, 0.717) is 25.3 Å². The average Bonchev–Trinajstić information content (AvgIpc) is 2.47. The van der Waals surface area contributed by atoms with Crippen LogP contribution < -0.4 is 5.32 Å². The molecule has 0 radical (unpaired) electrons. The van der Waals surface area contributed by atoms with Gasteiger partial charge in [-0.25, -0.2) is 4.79 Å². The van der Waals surface area contributed by atoms with Gasteiger partial charge < -0.3 is 15.3 Å². The van der Waals surface area contributed by atoms with Gasteiger partial charge in [0.1, 0.15) is 0 Å². The molecule has 2 rings (SSSR count). The first-order chi connectivity index (χ1) is 9.99. The van der Waals surface area contributed by atoms with Gasteiger partial charge in [0.25, 0.3) is 0 Å². The monoisotopic (exact) mass is 296 g/mol. The summed E-state index contributed by atoms with van der Waals surface area (Å²) < 4.78 is 0. The number of carboxylic acid groups (broad SMARTS) is 1. The van der Waals surface area contributed by atoms with Crippen molar-refractivity contribution in [3.8, 4) is 0 Å². The fourth-order valence-corrected chi connectivity index (χ4v) is 3.73. The summed E-state index contributed by atoms with van der Waals surface area (Å²) in [6.45, 7) is 4.59. The first kappa shape index (κ1) is 16.1. The van der Waals surface area contributed by atoms with Gasteiger partial charge in [0, 0.05) is 18.6 Å². The molecule has 120 valence electrons. The molecule has 5 heteroatoms. The number of likely N-dealkylation sites (tertiary alicyclic amines) is 1.